The molecule has 23 heavy (non-hydrogen) atoms. The molecule has 0 spiro atoms. The topological polar surface area (TPSA) is 45.1 Å². The van der Waals surface area contributed by atoms with Gasteiger partial charge >= 0.3 is 0 Å². The molecule has 0 aliphatic carbocycles. The van der Waals surface area contributed by atoms with Crippen molar-refractivity contribution in [1.82, 2.24) is 4.90 Å². The normalized spacial score (nSPS) is 23.9. The van der Waals surface area contributed by atoms with Crippen molar-refractivity contribution in [3.05, 3.63) is 22.7 Å². The van der Waals surface area contributed by atoms with Gasteiger partial charge in [-0.15, -0.1) is 11.3 Å². The van der Waals surface area contributed by atoms with Crippen LogP contribution in [0, 0.1) is 0 Å². The minimum atomic E-state index is 0.0724. The second-order valence-corrected chi connectivity index (χ2v) is 7.19. The molecule has 0 saturated carbocycles. The lowest BCUT2D eigenvalue weighted by Crippen LogP contribution is -2.35. The summed E-state index contributed by atoms with van der Waals surface area (Å²) >= 11 is 1.72. The Kier molecular flexibility index (Phi) is 4.18. The maximum atomic E-state index is 12.5. The van der Waals surface area contributed by atoms with E-state index >= 15 is 0 Å². The number of amides is 1. The third kappa shape index (κ3) is 3.05. The van der Waals surface area contributed by atoms with Gasteiger partial charge in [0.2, 0.25) is 0 Å². The first-order valence-corrected chi connectivity index (χ1v) is 9.16. The molecular weight excluding hydrogens is 310 g/mol. The average molecular weight is 331 g/mol. The Hall–Kier alpha value is -1.66. The van der Waals surface area contributed by atoms with E-state index in [1.54, 1.807) is 11.3 Å². The van der Waals surface area contributed by atoms with Crippen LogP contribution in [0.2, 0.25) is 0 Å². The number of thiophene rings is 1. The second-order valence-electron chi connectivity index (χ2n) is 6.10. The summed E-state index contributed by atoms with van der Waals surface area (Å²) in [5.74, 6) is 1.03. The summed E-state index contributed by atoms with van der Waals surface area (Å²) in [5, 5.41) is 1.24. The molecule has 4 heterocycles. The third-order valence-electron chi connectivity index (χ3n) is 4.52. The Balaban J connectivity index is 1.54. The third-order valence-corrected chi connectivity index (χ3v) is 5.61. The van der Waals surface area contributed by atoms with Crippen molar-refractivity contribution in [2.24, 2.45) is 4.99 Å². The van der Waals surface area contributed by atoms with Crippen LogP contribution in [0.5, 0.6) is 0 Å². The fourth-order valence-corrected chi connectivity index (χ4v) is 4.25. The molecule has 0 bridgehead atoms. The van der Waals surface area contributed by atoms with E-state index in [4.69, 9.17) is 4.74 Å². The standard InChI is InChI=1S/C17H21N3O2S/c21-17-14(18-15-4-2-1-3-7-20(15)17)12-13-5-6-16(23-13)19-8-10-22-11-9-19/h5-6,12H,1-4,7-11H2/b14-12-. The number of ether oxygens (including phenoxy) is 1. The average Bonchev–Trinajstić information content (AvgIpc) is 3.07. The van der Waals surface area contributed by atoms with E-state index in [-0.39, 0.29) is 5.91 Å². The van der Waals surface area contributed by atoms with E-state index in [1.165, 1.54) is 11.4 Å². The van der Waals surface area contributed by atoms with Gasteiger partial charge in [-0.3, -0.25) is 9.69 Å². The molecule has 0 atom stereocenters. The smallest absolute Gasteiger partial charge is 0.277 e. The highest BCUT2D eigenvalue weighted by Crippen LogP contribution is 2.30. The zero-order valence-corrected chi connectivity index (χ0v) is 14.0. The number of morpholine rings is 1. The molecule has 6 heteroatoms. The molecule has 0 unspecified atom stereocenters. The van der Waals surface area contributed by atoms with Gasteiger partial charge in [-0.1, -0.05) is 6.42 Å². The largest absolute Gasteiger partial charge is 0.378 e. The predicted molar refractivity (Wildman–Crippen MR) is 92.9 cm³/mol. The van der Waals surface area contributed by atoms with Gasteiger partial charge < -0.3 is 9.64 Å². The summed E-state index contributed by atoms with van der Waals surface area (Å²) in [6, 6.07) is 4.22. The number of hydrogen-bond donors (Lipinski definition) is 0. The molecule has 2 saturated heterocycles. The van der Waals surface area contributed by atoms with Crippen LogP contribution in [0.3, 0.4) is 0 Å². The van der Waals surface area contributed by atoms with Crippen molar-refractivity contribution in [2.75, 3.05) is 37.7 Å². The minimum absolute atomic E-state index is 0.0724. The number of fused-ring (bicyclic) bond motifs is 1. The van der Waals surface area contributed by atoms with Gasteiger partial charge in [0, 0.05) is 30.9 Å². The monoisotopic (exact) mass is 331 g/mol. The second kappa shape index (κ2) is 6.45. The van der Waals surface area contributed by atoms with Crippen LogP contribution in [-0.4, -0.2) is 49.5 Å². The van der Waals surface area contributed by atoms with Crippen LogP contribution in [-0.2, 0) is 9.53 Å². The molecule has 3 aliphatic rings. The number of aliphatic imine (C=N–C) groups is 1. The maximum absolute atomic E-state index is 12.5. The molecule has 0 radical (unpaired) electrons. The SMILES string of the molecule is O=C1/C(=C/c2ccc(N3CCOCC3)s2)N=C2CCCCCN12. The minimum Gasteiger partial charge on any atom is -0.378 e. The van der Waals surface area contributed by atoms with Gasteiger partial charge in [0.15, 0.2) is 0 Å². The lowest BCUT2D eigenvalue weighted by Gasteiger charge is -2.27. The van der Waals surface area contributed by atoms with E-state index in [9.17, 15) is 4.79 Å². The summed E-state index contributed by atoms with van der Waals surface area (Å²) in [6.07, 6.45) is 6.27. The fraction of sp³-hybridized carbons (Fsp3) is 0.529. The number of hydrogen-bond acceptors (Lipinski definition) is 5. The highest BCUT2D eigenvalue weighted by Gasteiger charge is 2.30. The molecule has 122 valence electrons. The summed E-state index contributed by atoms with van der Waals surface area (Å²) in [7, 11) is 0. The van der Waals surface area contributed by atoms with Crippen LogP contribution < -0.4 is 4.90 Å². The van der Waals surface area contributed by atoms with E-state index in [0.717, 1.165) is 62.8 Å². The van der Waals surface area contributed by atoms with Gasteiger partial charge in [-0.25, -0.2) is 4.99 Å². The first-order valence-electron chi connectivity index (χ1n) is 8.35. The molecule has 1 aromatic heterocycles. The van der Waals surface area contributed by atoms with Crippen LogP contribution in [0.25, 0.3) is 6.08 Å². The van der Waals surface area contributed by atoms with Crippen LogP contribution >= 0.6 is 11.3 Å². The molecule has 1 amide bonds. The molecule has 4 rings (SSSR count). The molecule has 5 nitrogen and oxygen atoms in total. The summed E-state index contributed by atoms with van der Waals surface area (Å²) in [6.45, 7) is 4.26. The van der Waals surface area contributed by atoms with E-state index in [2.05, 4.69) is 22.0 Å². The Bertz CT molecular complexity index is 659. The van der Waals surface area contributed by atoms with Crippen molar-refractivity contribution < 1.29 is 9.53 Å². The van der Waals surface area contributed by atoms with Crippen molar-refractivity contribution in [1.29, 1.82) is 0 Å². The zero-order valence-electron chi connectivity index (χ0n) is 13.2. The number of anilines is 1. The quantitative estimate of drug-likeness (QED) is 0.783. The molecule has 2 fully saturated rings. The molecule has 1 aromatic rings. The predicted octanol–water partition coefficient (Wildman–Crippen LogP) is 2.74. The van der Waals surface area contributed by atoms with Gasteiger partial charge in [0.25, 0.3) is 5.91 Å². The Morgan fingerprint density at radius 1 is 1.13 bits per heavy atom. The first-order chi connectivity index (χ1) is 11.3. The highest BCUT2D eigenvalue weighted by atomic mass is 32.1. The molecular formula is C17H21N3O2S. The summed E-state index contributed by atoms with van der Waals surface area (Å²) in [4.78, 5) is 22.4. The Labute approximate surface area is 140 Å². The summed E-state index contributed by atoms with van der Waals surface area (Å²) in [5.41, 5.74) is 0.595. The number of amidine groups is 1. The lowest BCUT2D eigenvalue weighted by atomic mass is 10.2. The zero-order chi connectivity index (χ0) is 15.6. The van der Waals surface area contributed by atoms with E-state index in [1.807, 2.05) is 11.0 Å². The molecule has 0 aromatic carbocycles. The highest BCUT2D eigenvalue weighted by molar-refractivity contribution is 7.16. The van der Waals surface area contributed by atoms with Crippen molar-refractivity contribution >= 4 is 34.2 Å². The molecule has 3 aliphatic heterocycles. The molecule has 0 N–H and O–H groups in total. The van der Waals surface area contributed by atoms with Gasteiger partial charge in [0.05, 0.1) is 18.2 Å². The number of carbonyl (C=O) groups is 1. The van der Waals surface area contributed by atoms with Crippen molar-refractivity contribution in [3.8, 4) is 0 Å². The van der Waals surface area contributed by atoms with Crippen LogP contribution in [0.4, 0.5) is 5.00 Å². The van der Waals surface area contributed by atoms with E-state index in [0.29, 0.717) is 5.70 Å². The van der Waals surface area contributed by atoms with Crippen LogP contribution in [0.1, 0.15) is 30.6 Å². The van der Waals surface area contributed by atoms with E-state index < -0.39 is 0 Å². The van der Waals surface area contributed by atoms with Crippen molar-refractivity contribution in [3.63, 3.8) is 0 Å². The van der Waals surface area contributed by atoms with Crippen LogP contribution in [0.15, 0.2) is 22.8 Å². The van der Waals surface area contributed by atoms with Gasteiger partial charge in [-0.05, 0) is 31.1 Å². The summed E-state index contributed by atoms with van der Waals surface area (Å²) < 4.78 is 5.40. The van der Waals surface area contributed by atoms with Gasteiger partial charge in [0.1, 0.15) is 11.5 Å². The number of nitrogens with zero attached hydrogens (tertiary/aromatic N) is 3. The number of rotatable bonds is 2. The number of carbonyl (C=O) groups excluding carboxylic acids is 1. The maximum Gasteiger partial charge on any atom is 0.277 e. The van der Waals surface area contributed by atoms with Crippen molar-refractivity contribution in [2.45, 2.75) is 25.7 Å². The van der Waals surface area contributed by atoms with Gasteiger partial charge in [-0.2, -0.15) is 0 Å². The Morgan fingerprint density at radius 3 is 2.87 bits per heavy atom. The Morgan fingerprint density at radius 2 is 2.00 bits per heavy atom. The fourth-order valence-electron chi connectivity index (χ4n) is 3.26. The first kappa shape index (κ1) is 14.9. The lowest BCUT2D eigenvalue weighted by molar-refractivity contribution is -0.122.